The van der Waals surface area contributed by atoms with Crippen LogP contribution in [0, 0.1) is 13.8 Å². The van der Waals surface area contributed by atoms with Crippen LogP contribution in [0.1, 0.15) is 34.2 Å². The largest absolute Gasteiger partial charge is 0.495 e. The van der Waals surface area contributed by atoms with Crippen LogP contribution in [0.3, 0.4) is 0 Å². The van der Waals surface area contributed by atoms with Gasteiger partial charge in [-0.1, -0.05) is 12.1 Å². The lowest BCUT2D eigenvalue weighted by atomic mass is 10.2. The lowest BCUT2D eigenvalue weighted by molar-refractivity contribution is 0.0976. The molecule has 33 heavy (non-hydrogen) atoms. The first-order chi connectivity index (χ1) is 16.0. The van der Waals surface area contributed by atoms with E-state index in [1.165, 1.54) is 0 Å². The number of hydrogen-bond acceptors (Lipinski definition) is 6. The van der Waals surface area contributed by atoms with E-state index in [4.69, 9.17) is 14.2 Å². The number of hydrogen-bond donors (Lipinski definition) is 2. The lowest BCUT2D eigenvalue weighted by Crippen LogP contribution is -2.36. The highest BCUT2D eigenvalue weighted by Gasteiger charge is 2.18. The maximum atomic E-state index is 13.0. The van der Waals surface area contributed by atoms with Gasteiger partial charge in [0.15, 0.2) is 11.5 Å². The van der Waals surface area contributed by atoms with Gasteiger partial charge in [0.2, 0.25) is 12.8 Å². The molecule has 1 aliphatic heterocycles. The quantitative estimate of drug-likeness (QED) is 0.440. The zero-order chi connectivity index (χ0) is 23.4. The molecule has 2 N–H and O–H groups in total. The van der Waals surface area contributed by atoms with Gasteiger partial charge < -0.3 is 19.5 Å². The van der Waals surface area contributed by atoms with Crippen LogP contribution in [0.25, 0.3) is 0 Å². The third-order valence-electron chi connectivity index (χ3n) is 5.45. The van der Waals surface area contributed by atoms with E-state index in [0.29, 0.717) is 41.0 Å². The van der Waals surface area contributed by atoms with Crippen LogP contribution in [-0.2, 0) is 13.1 Å². The second-order valence-electron chi connectivity index (χ2n) is 7.48. The molecule has 0 aliphatic carbocycles. The van der Waals surface area contributed by atoms with Crippen molar-refractivity contribution >= 4 is 17.6 Å². The molecule has 0 unspecified atom stereocenters. The van der Waals surface area contributed by atoms with Crippen molar-refractivity contribution < 1.29 is 19.0 Å². The Bertz CT molecular complexity index is 1200. The van der Waals surface area contributed by atoms with Gasteiger partial charge in [-0.3, -0.25) is 14.8 Å². The number of carbonyl (C=O) groups excluding carboxylic acids is 1. The summed E-state index contributed by atoms with van der Waals surface area (Å²) in [6.45, 7) is 7.31. The van der Waals surface area contributed by atoms with Crippen molar-refractivity contribution in [3.05, 3.63) is 65.0 Å². The van der Waals surface area contributed by atoms with Crippen LogP contribution in [0.15, 0.2) is 47.5 Å². The molecule has 2 heterocycles. The van der Waals surface area contributed by atoms with Gasteiger partial charge in [0, 0.05) is 23.4 Å². The molecule has 0 atom stereocenters. The maximum Gasteiger partial charge on any atom is 0.258 e. The molecule has 2 aromatic carbocycles. The molecule has 1 amide bonds. The molecule has 1 aliphatic rings. The van der Waals surface area contributed by atoms with Gasteiger partial charge in [0.1, 0.15) is 5.75 Å². The van der Waals surface area contributed by atoms with Crippen molar-refractivity contribution in [1.82, 2.24) is 15.1 Å². The Morgan fingerprint density at radius 2 is 1.97 bits per heavy atom. The summed E-state index contributed by atoms with van der Waals surface area (Å²) in [7, 11) is 1.59. The number of amides is 1. The van der Waals surface area contributed by atoms with E-state index in [-0.39, 0.29) is 12.7 Å². The number of aryl methyl sites for hydroxylation is 2. The highest BCUT2D eigenvalue weighted by molar-refractivity contribution is 6.10. The standard InChI is InChI=1S/C24H27N5O4/c1-5-29-16(3)18(15(2)28-29)13-25-24(26-19-8-6-7-9-20(19)31-4)27-23(30)17-10-11-21-22(12-17)33-14-32-21/h6-12H,5,13-14H2,1-4H3,(H2,25,26,27,30). The minimum absolute atomic E-state index is 0.145. The summed E-state index contributed by atoms with van der Waals surface area (Å²) < 4.78 is 18.1. The molecule has 0 saturated heterocycles. The number of methoxy groups -OCH3 is 1. The van der Waals surface area contributed by atoms with Gasteiger partial charge in [0.25, 0.3) is 5.91 Å². The maximum absolute atomic E-state index is 13.0. The highest BCUT2D eigenvalue weighted by Crippen LogP contribution is 2.32. The summed E-state index contributed by atoms with van der Waals surface area (Å²) >= 11 is 0. The summed E-state index contributed by atoms with van der Waals surface area (Å²) in [6, 6.07) is 12.5. The van der Waals surface area contributed by atoms with Crippen LogP contribution in [0.5, 0.6) is 17.2 Å². The van der Waals surface area contributed by atoms with Crippen molar-refractivity contribution in [3.8, 4) is 17.2 Å². The molecule has 3 aromatic rings. The number of para-hydroxylation sites is 2. The average molecular weight is 450 g/mol. The van der Waals surface area contributed by atoms with E-state index in [9.17, 15) is 4.79 Å². The predicted molar refractivity (Wildman–Crippen MR) is 125 cm³/mol. The summed E-state index contributed by atoms with van der Waals surface area (Å²) in [6.07, 6.45) is 0. The molecule has 9 nitrogen and oxygen atoms in total. The van der Waals surface area contributed by atoms with Crippen molar-refractivity contribution in [2.24, 2.45) is 4.99 Å². The Labute approximate surface area is 192 Å². The molecule has 1 aromatic heterocycles. The van der Waals surface area contributed by atoms with Gasteiger partial charge in [-0.15, -0.1) is 0 Å². The molecule has 172 valence electrons. The van der Waals surface area contributed by atoms with Crippen LogP contribution in [0.4, 0.5) is 5.69 Å². The van der Waals surface area contributed by atoms with Gasteiger partial charge >= 0.3 is 0 Å². The molecular formula is C24H27N5O4. The summed E-state index contributed by atoms with van der Waals surface area (Å²) in [4.78, 5) is 17.7. The molecule has 9 heteroatoms. The van der Waals surface area contributed by atoms with Crippen LogP contribution in [-0.4, -0.2) is 35.5 Å². The molecule has 0 radical (unpaired) electrons. The number of rotatable bonds is 6. The Morgan fingerprint density at radius 1 is 1.18 bits per heavy atom. The van der Waals surface area contributed by atoms with Crippen molar-refractivity contribution in [1.29, 1.82) is 0 Å². The van der Waals surface area contributed by atoms with Gasteiger partial charge in [-0.2, -0.15) is 5.10 Å². The monoisotopic (exact) mass is 449 g/mol. The van der Waals surface area contributed by atoms with Gasteiger partial charge in [-0.05, 0) is 51.1 Å². The average Bonchev–Trinajstić information content (AvgIpc) is 3.40. The normalized spacial score (nSPS) is 12.5. The number of benzene rings is 2. The fourth-order valence-electron chi connectivity index (χ4n) is 3.63. The minimum atomic E-state index is -0.327. The zero-order valence-electron chi connectivity index (χ0n) is 19.1. The number of guanidine groups is 1. The van der Waals surface area contributed by atoms with Crippen LogP contribution in [0.2, 0.25) is 0 Å². The Kier molecular flexibility index (Phi) is 6.48. The van der Waals surface area contributed by atoms with E-state index >= 15 is 0 Å². The first-order valence-electron chi connectivity index (χ1n) is 10.7. The molecule has 0 fully saturated rings. The molecular weight excluding hydrogens is 422 g/mol. The first kappa shape index (κ1) is 22.2. The fraction of sp³-hybridized carbons (Fsp3) is 0.292. The lowest BCUT2D eigenvalue weighted by Gasteiger charge is -2.14. The molecule has 0 spiro atoms. The van der Waals surface area contributed by atoms with Crippen molar-refractivity contribution in [2.45, 2.75) is 33.9 Å². The zero-order valence-corrected chi connectivity index (χ0v) is 19.1. The van der Waals surface area contributed by atoms with Crippen LogP contribution < -0.4 is 24.8 Å². The second kappa shape index (κ2) is 9.64. The van der Waals surface area contributed by atoms with Crippen molar-refractivity contribution in [3.63, 3.8) is 0 Å². The van der Waals surface area contributed by atoms with E-state index < -0.39 is 0 Å². The predicted octanol–water partition coefficient (Wildman–Crippen LogP) is 3.66. The Hall–Kier alpha value is -4.01. The number of fused-ring (bicyclic) bond motifs is 1. The smallest absolute Gasteiger partial charge is 0.258 e. The third kappa shape index (κ3) is 4.77. The Morgan fingerprint density at radius 3 is 2.73 bits per heavy atom. The summed E-state index contributed by atoms with van der Waals surface area (Å²) in [5.74, 6) is 1.76. The molecule has 0 bridgehead atoms. The number of nitrogens with zero attached hydrogens (tertiary/aromatic N) is 3. The molecule has 0 saturated carbocycles. The van der Waals surface area contributed by atoms with Crippen molar-refractivity contribution in [2.75, 3.05) is 19.2 Å². The van der Waals surface area contributed by atoms with E-state index in [1.807, 2.05) is 49.7 Å². The Balaban J connectivity index is 1.61. The first-order valence-corrected chi connectivity index (χ1v) is 10.7. The second-order valence-corrected chi connectivity index (χ2v) is 7.48. The summed E-state index contributed by atoms with van der Waals surface area (Å²) in [5.41, 5.74) is 4.10. The van der Waals surface area contributed by atoms with Gasteiger partial charge in [-0.25, -0.2) is 4.99 Å². The SMILES string of the molecule is CCn1nc(C)c(CN=C(NC(=O)c2ccc3c(c2)OCO3)Nc2ccccc2OC)c1C. The van der Waals surface area contributed by atoms with E-state index in [2.05, 4.69) is 20.7 Å². The topological polar surface area (TPSA) is 99.0 Å². The van der Waals surface area contributed by atoms with Crippen LogP contribution >= 0.6 is 0 Å². The number of aliphatic imine (C=N–C) groups is 1. The number of nitrogens with one attached hydrogen (secondary N) is 2. The number of ether oxygens (including phenoxy) is 3. The van der Waals surface area contributed by atoms with Gasteiger partial charge in [0.05, 0.1) is 25.0 Å². The minimum Gasteiger partial charge on any atom is -0.495 e. The molecule has 4 rings (SSSR count). The number of aromatic nitrogens is 2. The van der Waals surface area contributed by atoms with E-state index in [0.717, 1.165) is 23.5 Å². The number of anilines is 1. The van der Waals surface area contributed by atoms with E-state index in [1.54, 1.807) is 25.3 Å². The third-order valence-corrected chi connectivity index (χ3v) is 5.45. The summed E-state index contributed by atoms with van der Waals surface area (Å²) in [5, 5.41) is 10.6. The number of carbonyl (C=O) groups is 1. The highest BCUT2D eigenvalue weighted by atomic mass is 16.7. The fourth-order valence-corrected chi connectivity index (χ4v) is 3.63.